The highest BCUT2D eigenvalue weighted by atomic mass is 15.2. The highest BCUT2D eigenvalue weighted by Crippen LogP contribution is 2.17. The summed E-state index contributed by atoms with van der Waals surface area (Å²) in [6.45, 7) is 8.63. The van der Waals surface area contributed by atoms with E-state index in [1.54, 1.807) is 0 Å². The van der Waals surface area contributed by atoms with Crippen LogP contribution in [0.25, 0.3) is 0 Å². The Balaban J connectivity index is 2.70. The molecule has 16 heavy (non-hydrogen) atoms. The van der Waals surface area contributed by atoms with Gasteiger partial charge in [0.1, 0.15) is 0 Å². The number of anilines is 1. The zero-order valence-corrected chi connectivity index (χ0v) is 11.0. The second-order valence-electron chi connectivity index (χ2n) is 4.32. The van der Waals surface area contributed by atoms with Gasteiger partial charge in [0.2, 0.25) is 0 Å². The Morgan fingerprint density at radius 2 is 2.06 bits per heavy atom. The number of nitrogens with one attached hydrogen (secondary N) is 1. The third-order valence-electron chi connectivity index (χ3n) is 3.06. The van der Waals surface area contributed by atoms with Crippen LogP contribution in [0, 0.1) is 6.92 Å². The van der Waals surface area contributed by atoms with E-state index in [1.807, 2.05) is 0 Å². The lowest BCUT2D eigenvalue weighted by atomic mass is 10.1. The Kier molecular flexibility index (Phi) is 5.33. The van der Waals surface area contributed by atoms with Crippen molar-refractivity contribution in [3.8, 4) is 0 Å². The second-order valence-corrected chi connectivity index (χ2v) is 4.32. The van der Waals surface area contributed by atoms with Crippen molar-refractivity contribution in [3.63, 3.8) is 0 Å². The number of hydrogen-bond acceptors (Lipinski definition) is 2. The van der Waals surface area contributed by atoms with Crippen molar-refractivity contribution >= 4 is 5.69 Å². The van der Waals surface area contributed by atoms with Gasteiger partial charge in [-0.2, -0.15) is 0 Å². The quantitative estimate of drug-likeness (QED) is 0.793. The third kappa shape index (κ3) is 3.53. The molecule has 1 aromatic carbocycles. The van der Waals surface area contributed by atoms with Gasteiger partial charge in [0.05, 0.1) is 0 Å². The molecule has 1 N–H and O–H groups in total. The summed E-state index contributed by atoms with van der Waals surface area (Å²) in [7, 11) is 2.18. The molecule has 1 rings (SSSR count). The summed E-state index contributed by atoms with van der Waals surface area (Å²) < 4.78 is 0. The van der Waals surface area contributed by atoms with E-state index in [2.05, 4.69) is 62.3 Å². The minimum Gasteiger partial charge on any atom is -0.370 e. The molecule has 0 aromatic heterocycles. The van der Waals surface area contributed by atoms with Gasteiger partial charge in [0.25, 0.3) is 0 Å². The molecule has 0 aliphatic rings. The van der Waals surface area contributed by atoms with Crippen molar-refractivity contribution in [3.05, 3.63) is 29.8 Å². The van der Waals surface area contributed by atoms with Crippen LogP contribution in [-0.4, -0.2) is 26.2 Å². The first kappa shape index (κ1) is 13.0. The van der Waals surface area contributed by atoms with Crippen molar-refractivity contribution in [2.75, 3.05) is 25.0 Å². The average Bonchev–Trinajstić information content (AvgIpc) is 2.29. The molecular weight excluding hydrogens is 196 g/mol. The number of rotatable bonds is 6. The lowest BCUT2D eigenvalue weighted by molar-refractivity contribution is 0.551. The standard InChI is InChI=1S/C14H24N2/c1-5-13(11-15-6-2)16(4)14-9-7-8-12(3)10-14/h7-10,13,15H,5-6,11H2,1-4H3. The second kappa shape index (κ2) is 6.54. The van der Waals surface area contributed by atoms with Crippen LogP contribution in [-0.2, 0) is 0 Å². The molecule has 0 amide bonds. The fourth-order valence-electron chi connectivity index (χ4n) is 1.92. The maximum Gasteiger partial charge on any atom is 0.0408 e. The maximum absolute atomic E-state index is 3.42. The van der Waals surface area contributed by atoms with Crippen LogP contribution in [0.1, 0.15) is 25.8 Å². The number of hydrogen-bond donors (Lipinski definition) is 1. The first-order valence-corrected chi connectivity index (χ1v) is 6.19. The van der Waals surface area contributed by atoms with Gasteiger partial charge < -0.3 is 10.2 Å². The van der Waals surface area contributed by atoms with E-state index in [0.717, 1.165) is 19.5 Å². The van der Waals surface area contributed by atoms with Crippen LogP contribution in [0.3, 0.4) is 0 Å². The van der Waals surface area contributed by atoms with Gasteiger partial charge in [-0.1, -0.05) is 26.0 Å². The van der Waals surface area contributed by atoms with Crippen molar-refractivity contribution in [1.82, 2.24) is 5.32 Å². The zero-order valence-electron chi connectivity index (χ0n) is 11.0. The molecule has 0 saturated heterocycles. The molecule has 0 aliphatic heterocycles. The van der Waals surface area contributed by atoms with Crippen LogP contribution in [0.15, 0.2) is 24.3 Å². The third-order valence-corrected chi connectivity index (χ3v) is 3.06. The zero-order chi connectivity index (χ0) is 12.0. The molecular formula is C14H24N2. The van der Waals surface area contributed by atoms with Gasteiger partial charge in [-0.15, -0.1) is 0 Å². The predicted octanol–water partition coefficient (Wildman–Crippen LogP) is 2.82. The lowest BCUT2D eigenvalue weighted by Gasteiger charge is -2.29. The van der Waals surface area contributed by atoms with Gasteiger partial charge in [-0.05, 0) is 37.6 Å². The Labute approximate surface area is 99.7 Å². The first-order valence-electron chi connectivity index (χ1n) is 6.19. The minimum absolute atomic E-state index is 0.571. The van der Waals surface area contributed by atoms with E-state index in [1.165, 1.54) is 11.3 Å². The first-order chi connectivity index (χ1) is 7.69. The van der Waals surface area contributed by atoms with Crippen molar-refractivity contribution in [2.45, 2.75) is 33.2 Å². The van der Waals surface area contributed by atoms with Crippen LogP contribution >= 0.6 is 0 Å². The largest absolute Gasteiger partial charge is 0.370 e. The summed E-state index contributed by atoms with van der Waals surface area (Å²) in [4.78, 5) is 2.37. The molecule has 2 nitrogen and oxygen atoms in total. The van der Waals surface area contributed by atoms with Gasteiger partial charge in [-0.3, -0.25) is 0 Å². The van der Waals surface area contributed by atoms with Gasteiger partial charge >= 0.3 is 0 Å². The van der Waals surface area contributed by atoms with Crippen LogP contribution in [0.2, 0.25) is 0 Å². The van der Waals surface area contributed by atoms with Crippen LogP contribution in [0.4, 0.5) is 5.69 Å². The van der Waals surface area contributed by atoms with Crippen molar-refractivity contribution in [2.24, 2.45) is 0 Å². The number of nitrogens with zero attached hydrogens (tertiary/aromatic N) is 1. The summed E-state index contributed by atoms with van der Waals surface area (Å²) in [6.07, 6.45) is 1.16. The van der Waals surface area contributed by atoms with E-state index in [9.17, 15) is 0 Å². The molecule has 0 heterocycles. The fourth-order valence-corrected chi connectivity index (χ4v) is 1.92. The molecule has 1 aromatic rings. The monoisotopic (exact) mass is 220 g/mol. The predicted molar refractivity (Wildman–Crippen MR) is 72.2 cm³/mol. The average molecular weight is 220 g/mol. The summed E-state index contributed by atoms with van der Waals surface area (Å²) in [5.41, 5.74) is 2.63. The highest BCUT2D eigenvalue weighted by molar-refractivity contribution is 5.48. The molecule has 0 aliphatic carbocycles. The Hall–Kier alpha value is -1.02. The van der Waals surface area contributed by atoms with Gasteiger partial charge in [0, 0.05) is 25.3 Å². The highest BCUT2D eigenvalue weighted by Gasteiger charge is 2.12. The van der Waals surface area contributed by atoms with E-state index in [4.69, 9.17) is 0 Å². The lowest BCUT2D eigenvalue weighted by Crippen LogP contribution is -2.39. The smallest absolute Gasteiger partial charge is 0.0408 e. The van der Waals surface area contributed by atoms with Crippen molar-refractivity contribution in [1.29, 1.82) is 0 Å². The normalized spacial score (nSPS) is 12.5. The summed E-state index contributed by atoms with van der Waals surface area (Å²) in [5, 5.41) is 3.42. The van der Waals surface area contributed by atoms with E-state index in [0.29, 0.717) is 6.04 Å². The summed E-state index contributed by atoms with van der Waals surface area (Å²) >= 11 is 0. The molecule has 0 bridgehead atoms. The summed E-state index contributed by atoms with van der Waals surface area (Å²) in [5.74, 6) is 0. The molecule has 90 valence electrons. The molecule has 0 radical (unpaired) electrons. The molecule has 1 atom stereocenters. The topological polar surface area (TPSA) is 15.3 Å². The Morgan fingerprint density at radius 3 is 2.62 bits per heavy atom. The van der Waals surface area contributed by atoms with Crippen LogP contribution < -0.4 is 10.2 Å². The van der Waals surface area contributed by atoms with Crippen molar-refractivity contribution < 1.29 is 0 Å². The molecule has 2 heteroatoms. The van der Waals surface area contributed by atoms with E-state index < -0.39 is 0 Å². The minimum atomic E-state index is 0.571. The number of aryl methyl sites for hydroxylation is 1. The van der Waals surface area contributed by atoms with Gasteiger partial charge in [0.15, 0.2) is 0 Å². The van der Waals surface area contributed by atoms with E-state index >= 15 is 0 Å². The SMILES string of the molecule is CCNCC(CC)N(C)c1cccc(C)c1. The summed E-state index contributed by atoms with van der Waals surface area (Å²) in [6, 6.07) is 9.27. The molecule has 0 saturated carbocycles. The molecule has 0 fully saturated rings. The number of likely N-dealkylation sites (N-methyl/N-ethyl adjacent to an activating group) is 2. The Morgan fingerprint density at radius 1 is 1.31 bits per heavy atom. The van der Waals surface area contributed by atoms with E-state index in [-0.39, 0.29) is 0 Å². The molecule has 0 spiro atoms. The maximum atomic E-state index is 3.42. The number of benzene rings is 1. The fraction of sp³-hybridized carbons (Fsp3) is 0.571. The van der Waals surface area contributed by atoms with Gasteiger partial charge in [-0.25, -0.2) is 0 Å². The molecule has 1 unspecified atom stereocenters. The Bertz CT molecular complexity index is 309. The van der Waals surface area contributed by atoms with Crippen LogP contribution in [0.5, 0.6) is 0 Å².